The third kappa shape index (κ3) is 4.04. The van der Waals surface area contributed by atoms with Gasteiger partial charge in [-0.3, -0.25) is 0 Å². The van der Waals surface area contributed by atoms with Crippen molar-refractivity contribution in [3.8, 4) is 5.75 Å². The first-order valence-electron chi connectivity index (χ1n) is 9.80. The van der Waals surface area contributed by atoms with E-state index in [0.717, 1.165) is 41.1 Å². The summed E-state index contributed by atoms with van der Waals surface area (Å²) in [7, 11) is 4.01. The highest BCUT2D eigenvalue weighted by molar-refractivity contribution is 7.19. The number of nitrogen functional groups attached to an aromatic ring is 1. The molecule has 0 spiro atoms. The van der Waals surface area contributed by atoms with Crippen LogP contribution < -0.4 is 15.8 Å². The maximum Gasteiger partial charge on any atom is 0.144 e. The van der Waals surface area contributed by atoms with Gasteiger partial charge in [-0.05, 0) is 51.4 Å². The molecule has 1 aliphatic carbocycles. The first-order valence-corrected chi connectivity index (χ1v) is 10.6. The number of thiophene rings is 1. The summed E-state index contributed by atoms with van der Waals surface area (Å²) in [5.41, 5.74) is 9.39. The Morgan fingerprint density at radius 3 is 2.90 bits per heavy atom. The highest BCUT2D eigenvalue weighted by atomic mass is 32.1. The number of nitrogens with zero attached hydrogens (tertiary/aromatic N) is 3. The van der Waals surface area contributed by atoms with E-state index in [1.165, 1.54) is 29.5 Å². The van der Waals surface area contributed by atoms with Gasteiger partial charge < -0.3 is 26.1 Å². The van der Waals surface area contributed by atoms with Crippen molar-refractivity contribution in [2.24, 2.45) is 0 Å². The van der Waals surface area contributed by atoms with Crippen molar-refractivity contribution in [1.82, 2.24) is 14.9 Å². The molecule has 0 atom stereocenters. The minimum absolute atomic E-state index is 0.520. The number of benzene rings is 1. The van der Waals surface area contributed by atoms with Crippen LogP contribution in [0.25, 0.3) is 10.2 Å². The Kier molecular flexibility index (Phi) is 5.64. The molecule has 0 unspecified atom stereocenters. The fourth-order valence-electron chi connectivity index (χ4n) is 3.61. The topological polar surface area (TPSA) is 100 Å². The largest absolute Gasteiger partial charge is 0.490 e. The Labute approximate surface area is 174 Å². The zero-order valence-electron chi connectivity index (χ0n) is 16.8. The Morgan fingerprint density at radius 2 is 2.10 bits per heavy atom. The monoisotopic (exact) mass is 410 g/mol. The molecule has 4 N–H and O–H groups in total. The van der Waals surface area contributed by atoms with Crippen LogP contribution in [-0.4, -0.2) is 48.3 Å². The summed E-state index contributed by atoms with van der Waals surface area (Å²) in [5, 5.41) is 12.2. The highest BCUT2D eigenvalue weighted by Crippen LogP contribution is 2.40. The second kappa shape index (κ2) is 8.34. The van der Waals surface area contributed by atoms with E-state index in [4.69, 9.17) is 15.9 Å². The third-order valence-electron chi connectivity index (χ3n) is 5.14. The van der Waals surface area contributed by atoms with Crippen molar-refractivity contribution in [2.75, 3.05) is 38.3 Å². The quantitative estimate of drug-likeness (QED) is 0.404. The molecule has 8 heteroatoms. The molecule has 29 heavy (non-hydrogen) atoms. The standard InChI is InChI=1S/C21H26N6OS/c1-27(2)7-8-28-17-10-15(23)13(11-22)9-16(17)26-20-19-14-5-3-4-6-18(14)29-21(19)25-12-24-20/h9-12,22H,3-8,23H2,1-2H3,(H,24,25,26). The second-order valence-electron chi connectivity index (χ2n) is 7.51. The lowest BCUT2D eigenvalue weighted by molar-refractivity contribution is 0.262. The van der Waals surface area contributed by atoms with Crippen LogP contribution in [0.3, 0.4) is 0 Å². The molecule has 0 aliphatic heterocycles. The maximum absolute atomic E-state index is 7.65. The summed E-state index contributed by atoms with van der Waals surface area (Å²) in [5.74, 6) is 1.44. The molecule has 0 amide bonds. The van der Waals surface area contributed by atoms with Crippen LogP contribution in [0.5, 0.6) is 5.75 Å². The molecule has 0 saturated carbocycles. The molecule has 2 heterocycles. The lowest BCUT2D eigenvalue weighted by atomic mass is 9.97. The van der Waals surface area contributed by atoms with Gasteiger partial charge in [-0.15, -0.1) is 11.3 Å². The van der Waals surface area contributed by atoms with E-state index in [2.05, 4.69) is 20.2 Å². The third-order valence-corrected chi connectivity index (χ3v) is 6.34. The minimum Gasteiger partial charge on any atom is -0.490 e. The molecular formula is C21H26N6OS. The van der Waals surface area contributed by atoms with Gasteiger partial charge in [0.25, 0.3) is 0 Å². The lowest BCUT2D eigenvalue weighted by Crippen LogP contribution is -2.19. The average Bonchev–Trinajstić information content (AvgIpc) is 3.09. The number of nitrogens with one attached hydrogen (secondary N) is 2. The predicted octanol–water partition coefficient (Wildman–Crippen LogP) is 3.83. The maximum atomic E-state index is 7.65. The number of rotatable bonds is 7. The van der Waals surface area contributed by atoms with Crippen LogP contribution in [0.2, 0.25) is 0 Å². The highest BCUT2D eigenvalue weighted by Gasteiger charge is 2.21. The number of aromatic nitrogens is 2. The Morgan fingerprint density at radius 1 is 1.28 bits per heavy atom. The van der Waals surface area contributed by atoms with E-state index < -0.39 is 0 Å². The first-order chi connectivity index (χ1) is 14.1. The van der Waals surface area contributed by atoms with Crippen molar-refractivity contribution in [3.05, 3.63) is 34.5 Å². The van der Waals surface area contributed by atoms with Gasteiger partial charge in [-0.2, -0.15) is 0 Å². The van der Waals surface area contributed by atoms with Crippen LogP contribution >= 0.6 is 11.3 Å². The van der Waals surface area contributed by atoms with Crippen LogP contribution in [0.15, 0.2) is 18.5 Å². The van der Waals surface area contributed by atoms with E-state index in [0.29, 0.717) is 23.6 Å². The zero-order chi connectivity index (χ0) is 20.4. The van der Waals surface area contributed by atoms with Crippen LogP contribution in [0.4, 0.5) is 17.2 Å². The summed E-state index contributed by atoms with van der Waals surface area (Å²) in [6, 6.07) is 3.62. The second-order valence-corrected chi connectivity index (χ2v) is 8.60. The van der Waals surface area contributed by atoms with Crippen molar-refractivity contribution in [2.45, 2.75) is 25.7 Å². The molecule has 4 rings (SSSR count). The number of ether oxygens (including phenoxy) is 1. The van der Waals surface area contributed by atoms with Crippen LogP contribution in [0.1, 0.15) is 28.8 Å². The van der Waals surface area contributed by atoms with E-state index in [1.807, 2.05) is 20.2 Å². The van der Waals surface area contributed by atoms with Crippen molar-refractivity contribution in [3.63, 3.8) is 0 Å². The Hall–Kier alpha value is -2.71. The summed E-state index contributed by atoms with van der Waals surface area (Å²) in [6.45, 7) is 1.33. The Bertz CT molecular complexity index is 1050. The van der Waals surface area contributed by atoms with Gasteiger partial charge in [0, 0.05) is 35.0 Å². The zero-order valence-corrected chi connectivity index (χ0v) is 17.6. The molecule has 0 saturated heterocycles. The summed E-state index contributed by atoms with van der Waals surface area (Å²) in [4.78, 5) is 13.6. The SMILES string of the molecule is CN(C)CCOc1cc(N)c(C=N)cc1Nc1ncnc2sc3c(c12)CCCC3. The van der Waals surface area contributed by atoms with Crippen LogP contribution in [0, 0.1) is 5.41 Å². The summed E-state index contributed by atoms with van der Waals surface area (Å²) < 4.78 is 6.01. The molecule has 152 valence electrons. The molecule has 3 aromatic rings. The number of likely N-dealkylation sites (N-methyl/N-ethyl adjacent to an activating group) is 1. The summed E-state index contributed by atoms with van der Waals surface area (Å²) in [6.07, 6.45) is 7.48. The van der Waals surface area contributed by atoms with Gasteiger partial charge in [0.1, 0.15) is 29.3 Å². The van der Waals surface area contributed by atoms with Crippen molar-refractivity contribution < 1.29 is 4.74 Å². The summed E-state index contributed by atoms with van der Waals surface area (Å²) >= 11 is 1.77. The number of anilines is 3. The van der Waals surface area contributed by atoms with Crippen molar-refractivity contribution in [1.29, 1.82) is 5.41 Å². The molecular weight excluding hydrogens is 384 g/mol. The first kappa shape index (κ1) is 19.6. The van der Waals surface area contributed by atoms with E-state index in [-0.39, 0.29) is 0 Å². The normalized spacial score (nSPS) is 13.5. The number of aryl methyl sites for hydroxylation is 2. The molecule has 0 radical (unpaired) electrons. The molecule has 1 aliphatic rings. The molecule has 0 bridgehead atoms. The average molecular weight is 411 g/mol. The van der Waals surface area contributed by atoms with Gasteiger partial charge in [0.05, 0.1) is 11.1 Å². The van der Waals surface area contributed by atoms with E-state index >= 15 is 0 Å². The lowest BCUT2D eigenvalue weighted by Gasteiger charge is -2.17. The number of hydrogen-bond acceptors (Lipinski definition) is 8. The van der Waals surface area contributed by atoms with Gasteiger partial charge in [0.2, 0.25) is 0 Å². The predicted molar refractivity (Wildman–Crippen MR) is 120 cm³/mol. The Balaban J connectivity index is 1.73. The van der Waals surface area contributed by atoms with Gasteiger partial charge in [-0.25, -0.2) is 9.97 Å². The number of fused-ring (bicyclic) bond motifs is 3. The molecule has 2 aromatic heterocycles. The van der Waals surface area contributed by atoms with Gasteiger partial charge >= 0.3 is 0 Å². The fraction of sp³-hybridized carbons (Fsp3) is 0.381. The van der Waals surface area contributed by atoms with E-state index in [1.54, 1.807) is 23.7 Å². The fourth-order valence-corrected chi connectivity index (χ4v) is 4.83. The molecule has 0 fully saturated rings. The molecule has 1 aromatic carbocycles. The van der Waals surface area contributed by atoms with Crippen LogP contribution in [-0.2, 0) is 12.8 Å². The molecule has 7 nitrogen and oxygen atoms in total. The minimum atomic E-state index is 0.520. The smallest absolute Gasteiger partial charge is 0.144 e. The van der Waals surface area contributed by atoms with Crippen molar-refractivity contribution >= 4 is 45.0 Å². The number of hydrogen-bond donors (Lipinski definition) is 3. The van der Waals surface area contributed by atoms with Gasteiger partial charge in [0.15, 0.2) is 0 Å². The van der Waals surface area contributed by atoms with E-state index in [9.17, 15) is 0 Å². The van der Waals surface area contributed by atoms with Gasteiger partial charge in [-0.1, -0.05) is 0 Å². The number of nitrogens with two attached hydrogens (primary N) is 1.